The van der Waals surface area contributed by atoms with Crippen LogP contribution >= 0.6 is 0 Å². The minimum atomic E-state index is -4.78. The molecule has 0 aliphatic rings. The van der Waals surface area contributed by atoms with Crippen LogP contribution in [0.3, 0.4) is 0 Å². The van der Waals surface area contributed by atoms with Gasteiger partial charge in [-0.15, -0.1) is 13.2 Å². The molecule has 0 heterocycles. The number of hydrogen-bond acceptors (Lipinski definition) is 3. The Bertz CT molecular complexity index is 731. The molecule has 0 spiro atoms. The molecule has 0 saturated carbocycles. The molecule has 0 radical (unpaired) electrons. The fraction of sp³-hybridized carbons (Fsp3) is 0.211. The van der Waals surface area contributed by atoms with E-state index in [0.717, 1.165) is 5.69 Å². The van der Waals surface area contributed by atoms with Crippen LogP contribution in [0.5, 0.6) is 5.75 Å². The summed E-state index contributed by atoms with van der Waals surface area (Å²) < 4.78 is 41.0. The van der Waals surface area contributed by atoms with E-state index in [4.69, 9.17) is 0 Å². The Morgan fingerprint density at radius 2 is 1.69 bits per heavy atom. The maximum absolute atomic E-state index is 12.4. The normalized spacial score (nSPS) is 11.3. The summed E-state index contributed by atoms with van der Waals surface area (Å²) in [6.45, 7) is 1.14. The lowest BCUT2D eigenvalue weighted by Crippen LogP contribution is -2.23. The summed E-state index contributed by atoms with van der Waals surface area (Å²) >= 11 is 0. The van der Waals surface area contributed by atoms with Gasteiger partial charge in [0.25, 0.3) is 0 Å². The van der Waals surface area contributed by atoms with E-state index >= 15 is 0 Å². The van der Waals surface area contributed by atoms with Crippen LogP contribution < -0.4 is 15.4 Å². The molecule has 0 aliphatic heterocycles. The molecular formula is C19H19F3N2O2. The van der Waals surface area contributed by atoms with Crippen LogP contribution in [0.1, 0.15) is 12.0 Å². The maximum atomic E-state index is 12.4. The molecule has 4 nitrogen and oxygen atoms in total. The summed E-state index contributed by atoms with van der Waals surface area (Å²) in [5, 5.41) is 5.89. The molecule has 0 unspecified atom stereocenters. The molecule has 0 aromatic heterocycles. The van der Waals surface area contributed by atoms with Crippen molar-refractivity contribution in [2.75, 3.05) is 18.4 Å². The van der Waals surface area contributed by atoms with Crippen LogP contribution in [-0.2, 0) is 4.79 Å². The van der Waals surface area contributed by atoms with Crippen LogP contribution in [0.2, 0.25) is 0 Å². The van der Waals surface area contributed by atoms with Gasteiger partial charge in [-0.1, -0.05) is 36.4 Å². The smallest absolute Gasteiger partial charge is 0.405 e. The standard InChI is InChI=1S/C19H19F3N2O2/c20-19(21,22)26-17-10-5-4-7-15(17)11-12-18(25)24-14-6-13-23-16-8-2-1-3-9-16/h1-5,7-12,23H,6,13-14H2,(H,24,25). The zero-order valence-electron chi connectivity index (χ0n) is 13.9. The van der Waals surface area contributed by atoms with E-state index in [2.05, 4.69) is 15.4 Å². The van der Waals surface area contributed by atoms with Gasteiger partial charge in [0.15, 0.2) is 0 Å². The van der Waals surface area contributed by atoms with Crippen molar-refractivity contribution in [3.05, 3.63) is 66.2 Å². The molecule has 1 amide bonds. The zero-order chi connectivity index (χ0) is 18.8. The minimum absolute atomic E-state index is 0.172. The second-order valence-corrected chi connectivity index (χ2v) is 5.36. The number of halogens is 3. The number of nitrogens with one attached hydrogen (secondary N) is 2. The lowest BCUT2D eigenvalue weighted by molar-refractivity contribution is -0.274. The Balaban J connectivity index is 1.75. The molecule has 2 aromatic carbocycles. The number of benzene rings is 2. The summed E-state index contributed by atoms with van der Waals surface area (Å²) in [5.41, 5.74) is 1.17. The molecule has 138 valence electrons. The summed E-state index contributed by atoms with van der Waals surface area (Å²) in [7, 11) is 0. The summed E-state index contributed by atoms with van der Waals surface area (Å²) in [4.78, 5) is 11.8. The topological polar surface area (TPSA) is 50.4 Å². The fourth-order valence-electron chi connectivity index (χ4n) is 2.15. The number of carbonyl (C=O) groups excluding carboxylic acids is 1. The van der Waals surface area contributed by atoms with E-state index in [0.29, 0.717) is 19.5 Å². The fourth-order valence-corrected chi connectivity index (χ4v) is 2.15. The van der Waals surface area contributed by atoms with Crippen LogP contribution in [0.25, 0.3) is 6.08 Å². The number of para-hydroxylation sites is 2. The van der Waals surface area contributed by atoms with E-state index in [1.807, 2.05) is 30.3 Å². The summed E-state index contributed by atoms with van der Waals surface area (Å²) in [6.07, 6.45) is -1.60. The lowest BCUT2D eigenvalue weighted by atomic mass is 10.2. The van der Waals surface area contributed by atoms with Crippen molar-refractivity contribution >= 4 is 17.7 Å². The van der Waals surface area contributed by atoms with Crippen molar-refractivity contribution < 1.29 is 22.7 Å². The van der Waals surface area contributed by atoms with Crippen LogP contribution in [-0.4, -0.2) is 25.4 Å². The summed E-state index contributed by atoms with van der Waals surface area (Å²) in [5.74, 6) is -0.734. The first-order valence-electron chi connectivity index (χ1n) is 8.04. The van der Waals surface area contributed by atoms with Crippen molar-refractivity contribution in [2.24, 2.45) is 0 Å². The molecule has 2 aromatic rings. The molecule has 0 fully saturated rings. The van der Waals surface area contributed by atoms with Crippen molar-refractivity contribution in [2.45, 2.75) is 12.8 Å². The third-order valence-electron chi connectivity index (χ3n) is 3.31. The third-order valence-corrected chi connectivity index (χ3v) is 3.31. The van der Waals surface area contributed by atoms with Gasteiger partial charge in [0.1, 0.15) is 5.75 Å². The van der Waals surface area contributed by atoms with Crippen LogP contribution in [0, 0.1) is 0 Å². The van der Waals surface area contributed by atoms with E-state index in [-0.39, 0.29) is 17.2 Å². The van der Waals surface area contributed by atoms with Gasteiger partial charge in [-0.05, 0) is 30.7 Å². The van der Waals surface area contributed by atoms with Crippen molar-refractivity contribution in [3.8, 4) is 5.75 Å². The Morgan fingerprint density at radius 1 is 1.00 bits per heavy atom. The molecule has 0 aliphatic carbocycles. The number of rotatable bonds is 8. The highest BCUT2D eigenvalue weighted by atomic mass is 19.4. The number of ether oxygens (including phenoxy) is 1. The number of amides is 1. The molecule has 7 heteroatoms. The van der Waals surface area contributed by atoms with E-state index in [1.54, 1.807) is 6.07 Å². The molecule has 0 atom stereocenters. The predicted molar refractivity (Wildman–Crippen MR) is 94.7 cm³/mol. The highest BCUT2D eigenvalue weighted by Crippen LogP contribution is 2.26. The molecule has 0 bridgehead atoms. The Hall–Kier alpha value is -2.96. The first-order valence-corrected chi connectivity index (χ1v) is 8.04. The quantitative estimate of drug-likeness (QED) is 0.545. The highest BCUT2D eigenvalue weighted by Gasteiger charge is 2.31. The number of alkyl halides is 3. The van der Waals surface area contributed by atoms with E-state index < -0.39 is 6.36 Å². The van der Waals surface area contributed by atoms with Gasteiger partial charge in [0.05, 0.1) is 0 Å². The van der Waals surface area contributed by atoms with Crippen molar-refractivity contribution in [3.63, 3.8) is 0 Å². The molecule has 26 heavy (non-hydrogen) atoms. The van der Waals surface area contributed by atoms with Gasteiger partial charge in [0.2, 0.25) is 5.91 Å². The minimum Gasteiger partial charge on any atom is -0.405 e. The largest absolute Gasteiger partial charge is 0.573 e. The predicted octanol–water partition coefficient (Wildman–Crippen LogP) is 4.22. The SMILES string of the molecule is O=C(C=Cc1ccccc1OC(F)(F)F)NCCCNc1ccccc1. The highest BCUT2D eigenvalue weighted by molar-refractivity contribution is 5.92. The van der Waals surface area contributed by atoms with Gasteiger partial charge in [-0.2, -0.15) is 0 Å². The lowest BCUT2D eigenvalue weighted by Gasteiger charge is -2.11. The monoisotopic (exact) mass is 364 g/mol. The first-order chi connectivity index (χ1) is 12.4. The van der Waals surface area contributed by atoms with Gasteiger partial charge in [-0.3, -0.25) is 4.79 Å². The number of hydrogen-bond donors (Lipinski definition) is 2. The molecule has 2 N–H and O–H groups in total. The van der Waals surface area contributed by atoms with Crippen LogP contribution in [0.4, 0.5) is 18.9 Å². The second-order valence-electron chi connectivity index (χ2n) is 5.36. The average molecular weight is 364 g/mol. The van der Waals surface area contributed by atoms with Crippen LogP contribution in [0.15, 0.2) is 60.7 Å². The van der Waals surface area contributed by atoms with Gasteiger partial charge < -0.3 is 15.4 Å². The maximum Gasteiger partial charge on any atom is 0.573 e. The van der Waals surface area contributed by atoms with E-state index in [9.17, 15) is 18.0 Å². The second kappa shape index (κ2) is 9.50. The van der Waals surface area contributed by atoms with Gasteiger partial charge >= 0.3 is 6.36 Å². The number of anilines is 1. The molecule has 0 saturated heterocycles. The van der Waals surface area contributed by atoms with Crippen molar-refractivity contribution in [1.29, 1.82) is 0 Å². The van der Waals surface area contributed by atoms with Gasteiger partial charge in [-0.25, -0.2) is 0 Å². The molecule has 2 rings (SSSR count). The zero-order valence-corrected chi connectivity index (χ0v) is 13.9. The Kier molecular flexibility index (Phi) is 7.08. The third kappa shape index (κ3) is 7.29. The van der Waals surface area contributed by atoms with Crippen molar-refractivity contribution in [1.82, 2.24) is 5.32 Å². The summed E-state index contributed by atoms with van der Waals surface area (Å²) in [6, 6.07) is 15.3. The Labute approximate surface area is 149 Å². The first kappa shape index (κ1) is 19.4. The Morgan fingerprint density at radius 3 is 2.42 bits per heavy atom. The average Bonchev–Trinajstić information content (AvgIpc) is 2.60. The number of carbonyl (C=O) groups is 1. The molecular weight excluding hydrogens is 345 g/mol. The van der Waals surface area contributed by atoms with E-state index in [1.165, 1.54) is 30.4 Å². The van der Waals surface area contributed by atoms with Gasteiger partial charge in [0, 0.05) is 30.4 Å².